The van der Waals surface area contributed by atoms with E-state index in [9.17, 15) is 9.90 Å². The number of benzene rings is 2. The normalized spacial score (nSPS) is 10.4. The van der Waals surface area contributed by atoms with Crippen LogP contribution in [0.1, 0.15) is 5.56 Å². The Morgan fingerprint density at radius 2 is 1.82 bits per heavy atom. The molecule has 0 spiro atoms. The highest BCUT2D eigenvalue weighted by molar-refractivity contribution is 5.93. The van der Waals surface area contributed by atoms with Crippen molar-refractivity contribution in [2.75, 3.05) is 5.32 Å². The minimum Gasteiger partial charge on any atom is -0.506 e. The maximum absolute atomic E-state index is 12.0. The van der Waals surface area contributed by atoms with Crippen LogP contribution in [-0.4, -0.2) is 20.8 Å². The van der Waals surface area contributed by atoms with E-state index < -0.39 is 0 Å². The number of nitrogens with one attached hydrogen (secondary N) is 1. The predicted molar refractivity (Wildman–Crippen MR) is 84.0 cm³/mol. The van der Waals surface area contributed by atoms with Crippen LogP contribution >= 0.6 is 0 Å². The highest BCUT2D eigenvalue weighted by atomic mass is 16.3. The van der Waals surface area contributed by atoms with Crippen LogP contribution in [0.15, 0.2) is 67.0 Å². The number of carbonyl (C=O) groups is 1. The number of aromatic nitrogens is 2. The lowest BCUT2D eigenvalue weighted by Gasteiger charge is -2.05. The van der Waals surface area contributed by atoms with Gasteiger partial charge in [-0.25, -0.2) is 4.68 Å². The molecule has 5 heteroatoms. The highest BCUT2D eigenvalue weighted by Gasteiger charge is 2.09. The molecule has 3 rings (SSSR count). The molecule has 0 saturated carbocycles. The van der Waals surface area contributed by atoms with Gasteiger partial charge in [0.05, 0.1) is 24.0 Å². The van der Waals surface area contributed by atoms with Crippen molar-refractivity contribution in [1.82, 2.24) is 9.78 Å². The second kappa shape index (κ2) is 6.13. The Morgan fingerprint density at radius 1 is 1.09 bits per heavy atom. The standard InChI is InChI=1S/C17H15N3O2/c21-16-9-5-4-8-15(16)19-17(22)10-13-11-18-20(12-13)14-6-2-1-3-7-14/h1-9,11-12,21H,10H2,(H,19,22). The van der Waals surface area contributed by atoms with Gasteiger partial charge in [-0.05, 0) is 29.8 Å². The van der Waals surface area contributed by atoms with Gasteiger partial charge in [0.2, 0.25) is 5.91 Å². The molecular formula is C17H15N3O2. The Bertz CT molecular complexity index is 781. The zero-order valence-electron chi connectivity index (χ0n) is 11.8. The summed E-state index contributed by atoms with van der Waals surface area (Å²) in [4.78, 5) is 12.0. The molecule has 0 fully saturated rings. The topological polar surface area (TPSA) is 67.2 Å². The fraction of sp³-hybridized carbons (Fsp3) is 0.0588. The van der Waals surface area contributed by atoms with Crippen molar-refractivity contribution in [3.05, 3.63) is 72.6 Å². The van der Waals surface area contributed by atoms with Crippen molar-refractivity contribution < 1.29 is 9.90 Å². The number of nitrogens with zero attached hydrogens (tertiary/aromatic N) is 2. The largest absolute Gasteiger partial charge is 0.506 e. The number of carbonyl (C=O) groups excluding carboxylic acids is 1. The Labute approximate surface area is 127 Å². The molecule has 1 amide bonds. The molecule has 0 aliphatic rings. The van der Waals surface area contributed by atoms with E-state index in [4.69, 9.17) is 0 Å². The van der Waals surface area contributed by atoms with Crippen molar-refractivity contribution >= 4 is 11.6 Å². The van der Waals surface area contributed by atoms with Gasteiger partial charge in [-0.15, -0.1) is 0 Å². The molecule has 0 bridgehead atoms. The van der Waals surface area contributed by atoms with E-state index >= 15 is 0 Å². The molecule has 0 saturated heterocycles. The van der Waals surface area contributed by atoms with E-state index in [2.05, 4.69) is 10.4 Å². The van der Waals surface area contributed by atoms with Gasteiger partial charge in [-0.3, -0.25) is 4.79 Å². The summed E-state index contributed by atoms with van der Waals surface area (Å²) < 4.78 is 1.72. The van der Waals surface area contributed by atoms with Crippen LogP contribution in [0, 0.1) is 0 Å². The van der Waals surface area contributed by atoms with Crippen LogP contribution in [0.3, 0.4) is 0 Å². The number of rotatable bonds is 4. The Kier molecular flexibility index (Phi) is 3.87. The lowest BCUT2D eigenvalue weighted by Crippen LogP contribution is -2.14. The molecule has 3 aromatic rings. The van der Waals surface area contributed by atoms with Gasteiger partial charge in [0.25, 0.3) is 0 Å². The SMILES string of the molecule is O=C(Cc1cnn(-c2ccccc2)c1)Nc1ccccc1O. The van der Waals surface area contributed by atoms with Crippen LogP contribution in [0.25, 0.3) is 5.69 Å². The number of hydrogen-bond donors (Lipinski definition) is 2. The quantitative estimate of drug-likeness (QED) is 0.727. The number of hydrogen-bond acceptors (Lipinski definition) is 3. The van der Waals surface area contributed by atoms with Crippen molar-refractivity contribution in [2.45, 2.75) is 6.42 Å². The molecule has 1 aromatic heterocycles. The van der Waals surface area contributed by atoms with Crippen LogP contribution in [0.4, 0.5) is 5.69 Å². The number of para-hydroxylation sites is 3. The summed E-state index contributed by atoms with van der Waals surface area (Å²) in [7, 11) is 0. The van der Waals surface area contributed by atoms with Crippen molar-refractivity contribution in [3.8, 4) is 11.4 Å². The van der Waals surface area contributed by atoms with Gasteiger partial charge < -0.3 is 10.4 Å². The summed E-state index contributed by atoms with van der Waals surface area (Å²) in [5, 5.41) is 16.6. The van der Waals surface area contributed by atoms with E-state index in [1.165, 1.54) is 6.07 Å². The molecule has 0 aliphatic heterocycles. The van der Waals surface area contributed by atoms with Crippen LogP contribution in [0.5, 0.6) is 5.75 Å². The first-order valence-electron chi connectivity index (χ1n) is 6.89. The second-order valence-corrected chi connectivity index (χ2v) is 4.87. The molecule has 22 heavy (non-hydrogen) atoms. The zero-order chi connectivity index (χ0) is 15.4. The molecule has 5 nitrogen and oxygen atoms in total. The molecule has 0 radical (unpaired) electrons. The Balaban J connectivity index is 1.68. The van der Waals surface area contributed by atoms with E-state index in [0.29, 0.717) is 5.69 Å². The predicted octanol–water partition coefficient (Wildman–Crippen LogP) is 2.76. The minimum atomic E-state index is -0.200. The van der Waals surface area contributed by atoms with Crippen molar-refractivity contribution in [1.29, 1.82) is 0 Å². The first-order valence-corrected chi connectivity index (χ1v) is 6.89. The summed E-state index contributed by atoms with van der Waals surface area (Å²) in [6, 6.07) is 16.3. The number of phenols is 1. The Morgan fingerprint density at radius 3 is 2.59 bits per heavy atom. The summed E-state index contributed by atoms with van der Waals surface area (Å²) in [5.74, 6) is -0.148. The number of amides is 1. The summed E-state index contributed by atoms with van der Waals surface area (Å²) in [5.41, 5.74) is 2.15. The van der Waals surface area contributed by atoms with Crippen LogP contribution in [-0.2, 0) is 11.2 Å². The average molecular weight is 293 g/mol. The molecule has 2 N–H and O–H groups in total. The van der Waals surface area contributed by atoms with E-state index in [-0.39, 0.29) is 18.1 Å². The summed E-state index contributed by atoms with van der Waals surface area (Å²) in [6.07, 6.45) is 3.68. The van der Waals surface area contributed by atoms with Crippen molar-refractivity contribution in [2.24, 2.45) is 0 Å². The number of aromatic hydroxyl groups is 1. The molecule has 2 aromatic carbocycles. The van der Waals surface area contributed by atoms with E-state index in [0.717, 1.165) is 11.3 Å². The fourth-order valence-corrected chi connectivity index (χ4v) is 2.13. The van der Waals surface area contributed by atoms with Gasteiger partial charge in [-0.2, -0.15) is 5.10 Å². The monoisotopic (exact) mass is 293 g/mol. The number of phenolic OH excluding ortho intramolecular Hbond substituents is 1. The molecule has 0 unspecified atom stereocenters. The Hall–Kier alpha value is -3.08. The van der Waals surface area contributed by atoms with E-state index in [1.807, 2.05) is 36.5 Å². The first-order chi connectivity index (χ1) is 10.7. The second-order valence-electron chi connectivity index (χ2n) is 4.87. The molecule has 0 atom stereocenters. The maximum atomic E-state index is 12.0. The third-order valence-electron chi connectivity index (χ3n) is 3.20. The van der Waals surface area contributed by atoms with Gasteiger partial charge in [-0.1, -0.05) is 30.3 Å². The third-order valence-corrected chi connectivity index (χ3v) is 3.20. The van der Waals surface area contributed by atoms with E-state index in [1.54, 1.807) is 29.1 Å². The molecule has 0 aliphatic carbocycles. The summed E-state index contributed by atoms with van der Waals surface area (Å²) >= 11 is 0. The van der Waals surface area contributed by atoms with Crippen molar-refractivity contribution in [3.63, 3.8) is 0 Å². The van der Waals surface area contributed by atoms with Crippen LogP contribution < -0.4 is 5.32 Å². The van der Waals surface area contributed by atoms with Gasteiger partial charge in [0.1, 0.15) is 5.75 Å². The fourth-order valence-electron chi connectivity index (χ4n) is 2.13. The average Bonchev–Trinajstić information content (AvgIpc) is 2.99. The first kappa shape index (κ1) is 13.9. The lowest BCUT2D eigenvalue weighted by molar-refractivity contribution is -0.115. The van der Waals surface area contributed by atoms with Gasteiger partial charge in [0, 0.05) is 6.20 Å². The van der Waals surface area contributed by atoms with Crippen LogP contribution in [0.2, 0.25) is 0 Å². The zero-order valence-corrected chi connectivity index (χ0v) is 11.8. The lowest BCUT2D eigenvalue weighted by atomic mass is 10.2. The van der Waals surface area contributed by atoms with Gasteiger partial charge >= 0.3 is 0 Å². The summed E-state index contributed by atoms with van der Waals surface area (Å²) in [6.45, 7) is 0. The molecular weight excluding hydrogens is 278 g/mol. The molecule has 110 valence electrons. The minimum absolute atomic E-state index is 0.0517. The maximum Gasteiger partial charge on any atom is 0.229 e. The third kappa shape index (κ3) is 3.15. The van der Waals surface area contributed by atoms with Gasteiger partial charge in [0.15, 0.2) is 0 Å². The number of anilines is 1. The highest BCUT2D eigenvalue weighted by Crippen LogP contribution is 2.21. The molecule has 1 heterocycles. The smallest absolute Gasteiger partial charge is 0.229 e.